The van der Waals surface area contributed by atoms with E-state index in [1.165, 1.54) is 0 Å². The molecule has 1 aliphatic rings. The summed E-state index contributed by atoms with van der Waals surface area (Å²) in [7, 11) is 0. The number of nitrogens with zero attached hydrogens (tertiary/aromatic N) is 4. The first kappa shape index (κ1) is 18.6. The molecule has 3 aromatic rings. The highest BCUT2D eigenvalue weighted by Crippen LogP contribution is 2.34. The van der Waals surface area contributed by atoms with Crippen molar-refractivity contribution in [3.8, 4) is 11.1 Å². The van der Waals surface area contributed by atoms with Crippen LogP contribution in [0.4, 0.5) is 0 Å². The Bertz CT molecular complexity index is 968. The fourth-order valence-electron chi connectivity index (χ4n) is 3.68. The highest BCUT2D eigenvalue weighted by molar-refractivity contribution is 6.30. The van der Waals surface area contributed by atoms with Crippen LogP contribution >= 0.6 is 11.6 Å². The van der Waals surface area contributed by atoms with E-state index in [0.717, 1.165) is 35.5 Å². The standard InChI is InChI=1S/C22H21ClN4O/c1-15-25-14-20(16-6-10-24-11-7-16)21(26-15)17-8-12-27(13-9-17)22(28)18-2-4-19(23)5-3-18/h2-7,10-11,14,17H,8-9,12-13H2,1H3. The topological polar surface area (TPSA) is 59.0 Å². The van der Waals surface area contributed by atoms with Gasteiger partial charge in [-0.15, -0.1) is 0 Å². The first-order valence-corrected chi connectivity index (χ1v) is 9.78. The van der Waals surface area contributed by atoms with Crippen molar-refractivity contribution < 1.29 is 4.79 Å². The molecule has 0 spiro atoms. The first-order valence-electron chi connectivity index (χ1n) is 9.40. The number of rotatable bonds is 3. The predicted molar refractivity (Wildman–Crippen MR) is 109 cm³/mol. The molecule has 1 saturated heterocycles. The van der Waals surface area contributed by atoms with Crippen molar-refractivity contribution in [2.75, 3.05) is 13.1 Å². The van der Waals surface area contributed by atoms with Gasteiger partial charge in [0.05, 0.1) is 5.69 Å². The van der Waals surface area contributed by atoms with Gasteiger partial charge in [0.2, 0.25) is 0 Å². The molecule has 2 aromatic heterocycles. The molecule has 0 bridgehead atoms. The lowest BCUT2D eigenvalue weighted by Crippen LogP contribution is -2.38. The number of aromatic nitrogens is 3. The molecule has 1 fully saturated rings. The molecule has 1 amide bonds. The Hall–Kier alpha value is -2.79. The zero-order chi connectivity index (χ0) is 19.5. The monoisotopic (exact) mass is 392 g/mol. The number of benzene rings is 1. The lowest BCUT2D eigenvalue weighted by Gasteiger charge is -2.32. The summed E-state index contributed by atoms with van der Waals surface area (Å²) >= 11 is 5.93. The van der Waals surface area contributed by atoms with E-state index < -0.39 is 0 Å². The van der Waals surface area contributed by atoms with Gasteiger partial charge in [0.1, 0.15) is 5.82 Å². The largest absolute Gasteiger partial charge is 0.339 e. The second-order valence-electron chi connectivity index (χ2n) is 7.03. The van der Waals surface area contributed by atoms with Crippen LogP contribution in [0.25, 0.3) is 11.1 Å². The molecule has 6 heteroatoms. The van der Waals surface area contributed by atoms with Crippen LogP contribution < -0.4 is 0 Å². The van der Waals surface area contributed by atoms with E-state index in [2.05, 4.69) is 9.97 Å². The van der Waals surface area contributed by atoms with Crippen LogP contribution in [0.1, 0.15) is 40.6 Å². The number of carbonyl (C=O) groups excluding carboxylic acids is 1. The fraction of sp³-hybridized carbons (Fsp3) is 0.273. The molecule has 0 N–H and O–H groups in total. The molecule has 0 saturated carbocycles. The van der Waals surface area contributed by atoms with Gasteiger partial charge in [-0.2, -0.15) is 0 Å². The third kappa shape index (κ3) is 3.90. The number of carbonyl (C=O) groups is 1. The van der Waals surface area contributed by atoms with Crippen molar-refractivity contribution in [3.63, 3.8) is 0 Å². The van der Waals surface area contributed by atoms with E-state index in [4.69, 9.17) is 16.6 Å². The van der Waals surface area contributed by atoms with Crippen molar-refractivity contribution in [2.24, 2.45) is 0 Å². The minimum Gasteiger partial charge on any atom is -0.339 e. The molecule has 0 atom stereocenters. The molecule has 142 valence electrons. The van der Waals surface area contributed by atoms with Crippen LogP contribution in [0.3, 0.4) is 0 Å². The molecule has 0 aliphatic carbocycles. The average molecular weight is 393 g/mol. The van der Waals surface area contributed by atoms with Crippen LogP contribution in [0.2, 0.25) is 5.02 Å². The summed E-state index contributed by atoms with van der Waals surface area (Å²) in [6, 6.07) is 11.0. The molecule has 1 aromatic carbocycles. The van der Waals surface area contributed by atoms with Gasteiger partial charge in [0.15, 0.2) is 0 Å². The molecule has 3 heterocycles. The van der Waals surface area contributed by atoms with Gasteiger partial charge in [0.25, 0.3) is 5.91 Å². The normalized spacial score (nSPS) is 14.9. The maximum Gasteiger partial charge on any atom is 0.253 e. The summed E-state index contributed by atoms with van der Waals surface area (Å²) in [5.41, 5.74) is 3.87. The van der Waals surface area contributed by atoms with Gasteiger partial charge in [-0.25, -0.2) is 9.97 Å². The zero-order valence-corrected chi connectivity index (χ0v) is 16.4. The van der Waals surface area contributed by atoms with E-state index in [0.29, 0.717) is 29.6 Å². The van der Waals surface area contributed by atoms with E-state index in [9.17, 15) is 4.79 Å². The fourth-order valence-corrected chi connectivity index (χ4v) is 3.81. The Morgan fingerprint density at radius 1 is 1.07 bits per heavy atom. The van der Waals surface area contributed by atoms with Gasteiger partial charge in [-0.1, -0.05) is 11.6 Å². The number of piperidine rings is 1. The molecule has 28 heavy (non-hydrogen) atoms. The quantitative estimate of drug-likeness (QED) is 0.657. The molecular formula is C22H21ClN4O. The van der Waals surface area contributed by atoms with Crippen LogP contribution in [0.5, 0.6) is 0 Å². The van der Waals surface area contributed by atoms with Crippen LogP contribution in [-0.4, -0.2) is 38.8 Å². The second-order valence-corrected chi connectivity index (χ2v) is 7.46. The summed E-state index contributed by atoms with van der Waals surface area (Å²) in [4.78, 5) is 27.9. The highest BCUT2D eigenvalue weighted by atomic mass is 35.5. The van der Waals surface area contributed by atoms with Crippen LogP contribution in [0.15, 0.2) is 55.0 Å². The lowest BCUT2D eigenvalue weighted by molar-refractivity contribution is 0.0712. The number of hydrogen-bond acceptors (Lipinski definition) is 4. The molecule has 5 nitrogen and oxygen atoms in total. The Morgan fingerprint density at radius 3 is 2.43 bits per heavy atom. The number of hydrogen-bond donors (Lipinski definition) is 0. The molecule has 0 radical (unpaired) electrons. The van der Waals surface area contributed by atoms with Gasteiger partial charge >= 0.3 is 0 Å². The number of amides is 1. The third-order valence-corrected chi connectivity index (χ3v) is 5.44. The smallest absolute Gasteiger partial charge is 0.253 e. The number of halogens is 1. The van der Waals surface area contributed by atoms with Crippen LogP contribution in [-0.2, 0) is 0 Å². The maximum atomic E-state index is 12.7. The third-order valence-electron chi connectivity index (χ3n) is 5.19. The van der Waals surface area contributed by atoms with Gasteiger partial charge in [0, 0.05) is 53.7 Å². The summed E-state index contributed by atoms with van der Waals surface area (Å²) in [6.45, 7) is 3.34. The van der Waals surface area contributed by atoms with Crippen molar-refractivity contribution in [1.29, 1.82) is 0 Å². The highest BCUT2D eigenvalue weighted by Gasteiger charge is 2.27. The molecule has 0 unspecified atom stereocenters. The van der Waals surface area contributed by atoms with Gasteiger partial charge in [-0.05, 0) is 61.7 Å². The van der Waals surface area contributed by atoms with E-state index in [1.54, 1.807) is 36.7 Å². The first-order chi connectivity index (χ1) is 13.6. The Kier molecular flexibility index (Phi) is 5.35. The SMILES string of the molecule is Cc1ncc(-c2ccncc2)c(C2CCN(C(=O)c3ccc(Cl)cc3)CC2)n1. The maximum absolute atomic E-state index is 12.7. The Morgan fingerprint density at radius 2 is 1.75 bits per heavy atom. The van der Waals surface area contributed by atoms with Crippen molar-refractivity contribution in [2.45, 2.75) is 25.7 Å². The number of pyridine rings is 1. The average Bonchev–Trinajstić information content (AvgIpc) is 2.74. The summed E-state index contributed by atoms with van der Waals surface area (Å²) in [5.74, 6) is 1.13. The minimum absolute atomic E-state index is 0.0586. The van der Waals surface area contributed by atoms with E-state index in [-0.39, 0.29) is 5.91 Å². The van der Waals surface area contributed by atoms with Crippen molar-refractivity contribution in [1.82, 2.24) is 19.9 Å². The molecule has 4 rings (SSSR count). The molecule has 1 aliphatic heterocycles. The minimum atomic E-state index is 0.0586. The van der Waals surface area contributed by atoms with Crippen LogP contribution in [0, 0.1) is 6.92 Å². The number of aryl methyl sites for hydroxylation is 1. The van der Waals surface area contributed by atoms with Crippen molar-refractivity contribution in [3.05, 3.63) is 77.1 Å². The Labute approximate surface area is 169 Å². The zero-order valence-electron chi connectivity index (χ0n) is 15.7. The summed E-state index contributed by atoms with van der Waals surface area (Å²) in [5, 5.41) is 0.637. The molecular weight excluding hydrogens is 372 g/mol. The summed E-state index contributed by atoms with van der Waals surface area (Å²) < 4.78 is 0. The Balaban J connectivity index is 1.52. The van der Waals surface area contributed by atoms with E-state index in [1.807, 2.05) is 30.2 Å². The second kappa shape index (κ2) is 8.07. The number of likely N-dealkylation sites (tertiary alicyclic amines) is 1. The van der Waals surface area contributed by atoms with Crippen molar-refractivity contribution >= 4 is 17.5 Å². The van der Waals surface area contributed by atoms with E-state index >= 15 is 0 Å². The summed E-state index contributed by atoms with van der Waals surface area (Å²) in [6.07, 6.45) is 7.23. The predicted octanol–water partition coefficient (Wildman–Crippen LogP) is 4.52. The lowest BCUT2D eigenvalue weighted by atomic mass is 9.89. The van der Waals surface area contributed by atoms with Gasteiger partial charge < -0.3 is 4.90 Å². The van der Waals surface area contributed by atoms with Gasteiger partial charge in [-0.3, -0.25) is 9.78 Å².